The van der Waals surface area contributed by atoms with Crippen LogP contribution in [0.4, 0.5) is 0 Å². The number of amides is 2. The smallest absolute Gasteiger partial charge is 0.240 e. The monoisotopic (exact) mass is 397 g/mol. The highest BCUT2D eigenvalue weighted by Crippen LogP contribution is 2.19. The topological polar surface area (TPSA) is 52.7 Å². The van der Waals surface area contributed by atoms with Gasteiger partial charge in [-0.1, -0.05) is 42.0 Å². The Bertz CT molecular complexity index is 641. The highest BCUT2D eigenvalue weighted by molar-refractivity contribution is 6.31. The van der Waals surface area contributed by atoms with Crippen LogP contribution in [-0.2, 0) is 16.1 Å². The molecule has 1 aromatic rings. The number of hydrogen-bond acceptors (Lipinski definition) is 3. The number of carbonyl (C=O) groups is 2. The normalized spacial score (nSPS) is 16.6. The molecule has 1 aliphatic rings. The summed E-state index contributed by atoms with van der Waals surface area (Å²) in [5.41, 5.74) is 0.907. The Morgan fingerprint density at radius 3 is 2.58 bits per heavy atom. The maximum absolute atomic E-state index is 12.7. The van der Waals surface area contributed by atoms with Crippen molar-refractivity contribution in [1.82, 2.24) is 15.1 Å². The molecule has 1 aliphatic heterocycles. The predicted molar refractivity (Wildman–Crippen MR) is 107 cm³/mol. The van der Waals surface area contributed by atoms with Crippen molar-refractivity contribution in [2.24, 2.45) is 0 Å². The number of nitrogens with one attached hydrogen (secondary N) is 1. The van der Waals surface area contributed by atoms with Gasteiger partial charge in [-0.3, -0.25) is 9.59 Å². The number of piperazine rings is 1. The standard InChI is InChI=1S/C19H24ClN3O2.ClH/c1-3-10-22(11-4-2)18(24)13-17-19(25)23(12-9-21-17)14-15-7-5-6-8-16(15)20;/h3-8,17,21H,1-2,9-14H2;1H. The molecule has 1 saturated heterocycles. The molecule has 0 aromatic heterocycles. The quantitative estimate of drug-likeness (QED) is 0.685. The van der Waals surface area contributed by atoms with Crippen molar-refractivity contribution in [3.8, 4) is 0 Å². The summed E-state index contributed by atoms with van der Waals surface area (Å²) >= 11 is 6.19. The highest BCUT2D eigenvalue weighted by atomic mass is 35.5. The first-order valence-electron chi connectivity index (χ1n) is 8.32. The summed E-state index contributed by atoms with van der Waals surface area (Å²) in [5, 5.41) is 3.79. The average molecular weight is 398 g/mol. The lowest BCUT2D eigenvalue weighted by atomic mass is 10.1. The van der Waals surface area contributed by atoms with E-state index in [1.807, 2.05) is 24.3 Å². The van der Waals surface area contributed by atoms with Crippen molar-refractivity contribution in [2.75, 3.05) is 26.2 Å². The molecule has 26 heavy (non-hydrogen) atoms. The van der Waals surface area contributed by atoms with Crippen LogP contribution in [0.3, 0.4) is 0 Å². The van der Waals surface area contributed by atoms with Crippen molar-refractivity contribution >= 4 is 35.8 Å². The lowest BCUT2D eigenvalue weighted by Crippen LogP contribution is -2.56. The van der Waals surface area contributed by atoms with E-state index in [1.54, 1.807) is 22.0 Å². The van der Waals surface area contributed by atoms with Gasteiger partial charge in [0.25, 0.3) is 0 Å². The first kappa shape index (κ1) is 22.2. The zero-order chi connectivity index (χ0) is 18.2. The molecule has 1 N–H and O–H groups in total. The second-order valence-electron chi connectivity index (χ2n) is 5.94. The number of benzene rings is 1. The van der Waals surface area contributed by atoms with E-state index < -0.39 is 6.04 Å². The molecule has 1 atom stereocenters. The molecular formula is C19H25Cl2N3O2. The van der Waals surface area contributed by atoms with Crippen LogP contribution in [0.1, 0.15) is 12.0 Å². The zero-order valence-electron chi connectivity index (χ0n) is 14.7. The third-order valence-corrected chi connectivity index (χ3v) is 4.50. The molecule has 5 nitrogen and oxygen atoms in total. The maximum atomic E-state index is 12.7. The SMILES string of the molecule is C=CCN(CC=C)C(=O)CC1NCCN(Cc2ccccc2Cl)C1=O.Cl. The molecular weight excluding hydrogens is 373 g/mol. The van der Waals surface area contributed by atoms with E-state index in [4.69, 9.17) is 11.6 Å². The minimum atomic E-state index is -0.513. The molecule has 1 heterocycles. The first-order valence-corrected chi connectivity index (χ1v) is 8.69. The fourth-order valence-electron chi connectivity index (χ4n) is 2.83. The van der Waals surface area contributed by atoms with Crippen LogP contribution < -0.4 is 5.32 Å². The Balaban J connectivity index is 0.00000338. The average Bonchev–Trinajstić information content (AvgIpc) is 2.60. The highest BCUT2D eigenvalue weighted by Gasteiger charge is 2.31. The lowest BCUT2D eigenvalue weighted by molar-refractivity contribution is -0.141. The Morgan fingerprint density at radius 1 is 1.31 bits per heavy atom. The van der Waals surface area contributed by atoms with Gasteiger partial charge in [-0.25, -0.2) is 0 Å². The van der Waals surface area contributed by atoms with Gasteiger partial charge in [0, 0.05) is 37.7 Å². The van der Waals surface area contributed by atoms with Crippen LogP contribution in [-0.4, -0.2) is 53.8 Å². The summed E-state index contributed by atoms with van der Waals surface area (Å²) < 4.78 is 0. The third kappa shape index (κ3) is 5.87. The van der Waals surface area contributed by atoms with Crippen molar-refractivity contribution in [2.45, 2.75) is 19.0 Å². The molecule has 7 heteroatoms. The summed E-state index contributed by atoms with van der Waals surface area (Å²) in [6, 6.07) is 6.97. The summed E-state index contributed by atoms with van der Waals surface area (Å²) in [6.45, 7) is 9.90. The molecule has 2 rings (SSSR count). The lowest BCUT2D eigenvalue weighted by Gasteiger charge is -2.34. The molecule has 0 aliphatic carbocycles. The summed E-state index contributed by atoms with van der Waals surface area (Å²) in [7, 11) is 0. The first-order chi connectivity index (χ1) is 12.1. The number of halogens is 2. The van der Waals surface area contributed by atoms with Gasteiger partial charge in [-0.2, -0.15) is 0 Å². The predicted octanol–water partition coefficient (Wildman–Crippen LogP) is 2.65. The molecule has 1 unspecified atom stereocenters. The number of rotatable bonds is 8. The van der Waals surface area contributed by atoms with Crippen LogP contribution >= 0.6 is 24.0 Å². The molecule has 0 spiro atoms. The minimum Gasteiger partial charge on any atom is -0.336 e. The van der Waals surface area contributed by atoms with E-state index in [1.165, 1.54) is 0 Å². The van der Waals surface area contributed by atoms with Crippen LogP contribution in [0.5, 0.6) is 0 Å². The van der Waals surface area contributed by atoms with Gasteiger partial charge < -0.3 is 15.1 Å². The molecule has 0 bridgehead atoms. The Kier molecular flexibility index (Phi) is 9.41. The summed E-state index contributed by atoms with van der Waals surface area (Å²) in [5.74, 6) is -0.165. The number of hydrogen-bond donors (Lipinski definition) is 1. The van der Waals surface area contributed by atoms with E-state index in [2.05, 4.69) is 18.5 Å². The molecule has 1 aromatic carbocycles. The molecule has 1 fully saturated rings. The summed E-state index contributed by atoms with van der Waals surface area (Å²) in [4.78, 5) is 28.6. The largest absolute Gasteiger partial charge is 0.336 e. The van der Waals surface area contributed by atoms with Gasteiger partial charge >= 0.3 is 0 Å². The molecule has 0 radical (unpaired) electrons. The molecule has 2 amide bonds. The fourth-order valence-corrected chi connectivity index (χ4v) is 3.03. The van der Waals surface area contributed by atoms with Crippen LogP contribution in [0.25, 0.3) is 0 Å². The van der Waals surface area contributed by atoms with Crippen LogP contribution in [0, 0.1) is 0 Å². The minimum absolute atomic E-state index is 0. The van der Waals surface area contributed by atoms with Gasteiger partial charge in [-0.15, -0.1) is 25.6 Å². The van der Waals surface area contributed by atoms with Gasteiger partial charge in [0.05, 0.1) is 12.5 Å². The van der Waals surface area contributed by atoms with E-state index in [0.29, 0.717) is 37.7 Å². The van der Waals surface area contributed by atoms with Crippen LogP contribution in [0.2, 0.25) is 5.02 Å². The Hall–Kier alpha value is -1.82. The zero-order valence-corrected chi connectivity index (χ0v) is 16.3. The van der Waals surface area contributed by atoms with E-state index in [-0.39, 0.29) is 30.6 Å². The van der Waals surface area contributed by atoms with Crippen molar-refractivity contribution in [1.29, 1.82) is 0 Å². The van der Waals surface area contributed by atoms with Gasteiger partial charge in [0.15, 0.2) is 0 Å². The maximum Gasteiger partial charge on any atom is 0.240 e. The third-order valence-electron chi connectivity index (χ3n) is 4.13. The Labute approximate surface area is 166 Å². The van der Waals surface area contributed by atoms with E-state index in [0.717, 1.165) is 5.56 Å². The van der Waals surface area contributed by atoms with Gasteiger partial charge in [0.2, 0.25) is 11.8 Å². The summed E-state index contributed by atoms with van der Waals surface area (Å²) in [6.07, 6.45) is 3.46. The second kappa shape index (κ2) is 11.0. The number of nitrogens with zero attached hydrogens (tertiary/aromatic N) is 2. The second-order valence-corrected chi connectivity index (χ2v) is 6.35. The fraction of sp³-hybridized carbons (Fsp3) is 0.368. The van der Waals surface area contributed by atoms with Crippen molar-refractivity contribution < 1.29 is 9.59 Å². The number of carbonyl (C=O) groups excluding carboxylic acids is 2. The van der Waals surface area contributed by atoms with E-state index in [9.17, 15) is 9.59 Å². The van der Waals surface area contributed by atoms with E-state index >= 15 is 0 Å². The van der Waals surface area contributed by atoms with Gasteiger partial charge in [-0.05, 0) is 11.6 Å². The van der Waals surface area contributed by atoms with Crippen LogP contribution in [0.15, 0.2) is 49.6 Å². The Morgan fingerprint density at radius 2 is 1.96 bits per heavy atom. The molecule has 0 saturated carbocycles. The van der Waals surface area contributed by atoms with Gasteiger partial charge in [0.1, 0.15) is 0 Å². The van der Waals surface area contributed by atoms with Crippen molar-refractivity contribution in [3.05, 3.63) is 60.2 Å². The van der Waals surface area contributed by atoms with Crippen molar-refractivity contribution in [3.63, 3.8) is 0 Å². The molecule has 142 valence electrons.